The molecule has 1 heterocycles. The molecule has 2 aromatic carbocycles. The lowest BCUT2D eigenvalue weighted by Gasteiger charge is -2.24. The molecule has 31 heavy (non-hydrogen) atoms. The van der Waals surface area contributed by atoms with Gasteiger partial charge in [-0.3, -0.25) is 0 Å². The summed E-state index contributed by atoms with van der Waals surface area (Å²) >= 11 is 0. The first kappa shape index (κ1) is 23.0. The topological polar surface area (TPSA) is 78.5 Å². The van der Waals surface area contributed by atoms with Crippen LogP contribution < -0.4 is 10.0 Å². The number of carbonyl (C=O) groups excluding carboxylic acids is 1. The van der Waals surface area contributed by atoms with Crippen molar-refractivity contribution >= 4 is 21.7 Å². The first-order chi connectivity index (χ1) is 14.6. The highest BCUT2D eigenvalue weighted by molar-refractivity contribution is 7.88. The third kappa shape index (κ3) is 5.53. The van der Waals surface area contributed by atoms with E-state index in [1.807, 2.05) is 4.72 Å². The Morgan fingerprint density at radius 3 is 2.32 bits per heavy atom. The molecule has 0 bridgehead atoms. The molecule has 0 aliphatic carbocycles. The zero-order valence-electron chi connectivity index (χ0n) is 16.5. The van der Waals surface area contributed by atoms with Gasteiger partial charge in [0.15, 0.2) is 0 Å². The van der Waals surface area contributed by atoms with Crippen molar-refractivity contribution in [1.82, 2.24) is 9.62 Å². The largest absolute Gasteiger partial charge is 0.321 e. The number of para-hydroxylation sites is 1. The van der Waals surface area contributed by atoms with Gasteiger partial charge in [-0.15, -0.1) is 0 Å². The van der Waals surface area contributed by atoms with E-state index < -0.39 is 52.6 Å². The van der Waals surface area contributed by atoms with Crippen molar-refractivity contribution < 1.29 is 30.8 Å². The zero-order valence-corrected chi connectivity index (χ0v) is 17.3. The molecular weight excluding hydrogens is 438 g/mol. The number of benzene rings is 2. The number of alkyl halides is 2. The normalized spacial score (nSPS) is 22.1. The molecule has 2 aromatic rings. The Balaban J connectivity index is 1.82. The molecule has 2 amide bonds. The summed E-state index contributed by atoms with van der Waals surface area (Å²) in [6, 6.07) is 6.87. The zero-order chi connectivity index (χ0) is 22.8. The molecule has 11 heteroatoms. The number of amides is 2. The van der Waals surface area contributed by atoms with Gasteiger partial charge in [-0.1, -0.05) is 24.3 Å². The number of nitrogens with one attached hydrogen (secondary N) is 2. The molecule has 3 atom stereocenters. The molecule has 1 aliphatic rings. The molecule has 0 radical (unpaired) electrons. The molecule has 0 saturated carbocycles. The highest BCUT2D eigenvalue weighted by Crippen LogP contribution is 2.32. The number of anilines is 1. The molecule has 2 N–H and O–H groups in total. The van der Waals surface area contributed by atoms with Gasteiger partial charge in [0.05, 0.1) is 30.1 Å². The Hall–Kier alpha value is -2.66. The van der Waals surface area contributed by atoms with Crippen LogP contribution in [0.2, 0.25) is 0 Å². The fraction of sp³-hybridized carbons (Fsp3) is 0.350. The van der Waals surface area contributed by atoms with Gasteiger partial charge in [-0.25, -0.2) is 35.5 Å². The minimum atomic E-state index is -3.86. The summed E-state index contributed by atoms with van der Waals surface area (Å²) in [7, 11) is -3.86. The summed E-state index contributed by atoms with van der Waals surface area (Å²) in [6.45, 7) is -0.735. The van der Waals surface area contributed by atoms with E-state index in [1.54, 1.807) is 6.07 Å². The van der Waals surface area contributed by atoms with Gasteiger partial charge in [0.25, 0.3) is 0 Å². The van der Waals surface area contributed by atoms with Gasteiger partial charge >= 0.3 is 6.03 Å². The Morgan fingerprint density at radius 1 is 1.03 bits per heavy atom. The van der Waals surface area contributed by atoms with Gasteiger partial charge in [0.1, 0.15) is 24.0 Å². The molecule has 3 rings (SSSR count). The molecule has 1 aliphatic heterocycles. The van der Waals surface area contributed by atoms with Crippen LogP contribution in [0.15, 0.2) is 42.5 Å². The predicted molar refractivity (Wildman–Crippen MR) is 109 cm³/mol. The maximum Gasteiger partial charge on any atom is 0.321 e. The monoisotopic (exact) mass is 459 g/mol. The lowest BCUT2D eigenvalue weighted by molar-refractivity contribution is 0.167. The van der Waals surface area contributed by atoms with Crippen molar-refractivity contribution in [2.24, 2.45) is 0 Å². The number of carbonyl (C=O) groups is 1. The van der Waals surface area contributed by atoms with Crippen molar-refractivity contribution in [3.63, 3.8) is 0 Å². The van der Waals surface area contributed by atoms with Crippen molar-refractivity contribution in [1.29, 1.82) is 0 Å². The van der Waals surface area contributed by atoms with E-state index in [1.165, 1.54) is 24.3 Å². The first-order valence-corrected chi connectivity index (χ1v) is 11.3. The molecule has 1 fully saturated rings. The van der Waals surface area contributed by atoms with Gasteiger partial charge < -0.3 is 10.2 Å². The molecule has 0 spiro atoms. The fourth-order valence-electron chi connectivity index (χ4n) is 3.44. The van der Waals surface area contributed by atoms with E-state index >= 15 is 0 Å². The number of hydrogen-bond donors (Lipinski definition) is 2. The Labute approximate surface area is 177 Å². The maximum absolute atomic E-state index is 14.6. The molecule has 3 unspecified atom stereocenters. The van der Waals surface area contributed by atoms with Crippen LogP contribution in [-0.4, -0.2) is 57.1 Å². The van der Waals surface area contributed by atoms with Crippen LogP contribution in [0, 0.1) is 11.6 Å². The fourth-order valence-corrected chi connectivity index (χ4v) is 4.23. The summed E-state index contributed by atoms with van der Waals surface area (Å²) in [5.74, 6) is -1.65. The molecule has 0 aromatic heterocycles. The van der Waals surface area contributed by atoms with Crippen molar-refractivity contribution in [3.8, 4) is 11.1 Å². The van der Waals surface area contributed by atoms with E-state index in [2.05, 4.69) is 5.32 Å². The molecule has 6 nitrogen and oxygen atoms in total. The second-order valence-corrected chi connectivity index (χ2v) is 9.03. The summed E-state index contributed by atoms with van der Waals surface area (Å²) in [6.07, 6.45) is -3.31. The second kappa shape index (κ2) is 9.23. The number of sulfonamides is 1. The number of rotatable bonds is 4. The average Bonchev–Trinajstić information content (AvgIpc) is 2.81. The highest BCUT2D eigenvalue weighted by Gasteiger charge is 2.37. The minimum Gasteiger partial charge on any atom is -0.321 e. The first-order valence-electron chi connectivity index (χ1n) is 9.41. The van der Waals surface area contributed by atoms with Crippen molar-refractivity contribution in [2.75, 3.05) is 24.7 Å². The van der Waals surface area contributed by atoms with Crippen LogP contribution in [0.5, 0.6) is 0 Å². The standard InChI is InChI=1S/C20H21F4N3O3S/c1-31(29,30)26-19-15(23)9-10-27(11-16(19)24)20(28)25-17-8-3-2-5-12(17)18-13(21)6-4-7-14(18)22/h2-8,15-16,19,26H,9-11H2,1H3,(H,25,28). The Morgan fingerprint density at radius 2 is 1.68 bits per heavy atom. The second-order valence-electron chi connectivity index (χ2n) is 7.25. The van der Waals surface area contributed by atoms with Crippen LogP contribution in [0.4, 0.5) is 28.0 Å². The Bertz CT molecular complexity index is 1050. The van der Waals surface area contributed by atoms with Gasteiger partial charge in [0.2, 0.25) is 10.0 Å². The number of urea groups is 1. The number of nitrogens with zero attached hydrogens (tertiary/aromatic N) is 1. The van der Waals surface area contributed by atoms with E-state index in [0.717, 1.165) is 23.3 Å². The van der Waals surface area contributed by atoms with Crippen molar-refractivity contribution in [2.45, 2.75) is 24.8 Å². The average molecular weight is 459 g/mol. The summed E-state index contributed by atoms with van der Waals surface area (Å²) in [5, 5.41) is 2.49. The lowest BCUT2D eigenvalue weighted by Crippen LogP contribution is -2.49. The van der Waals surface area contributed by atoms with E-state index in [0.29, 0.717) is 0 Å². The van der Waals surface area contributed by atoms with Crippen LogP contribution >= 0.6 is 0 Å². The number of halogens is 4. The third-order valence-electron chi connectivity index (χ3n) is 4.89. The Kier molecular flexibility index (Phi) is 6.85. The van der Waals surface area contributed by atoms with Gasteiger partial charge in [-0.2, -0.15) is 0 Å². The van der Waals surface area contributed by atoms with Crippen LogP contribution in [0.3, 0.4) is 0 Å². The van der Waals surface area contributed by atoms with E-state index in [4.69, 9.17) is 0 Å². The summed E-state index contributed by atoms with van der Waals surface area (Å²) in [5.41, 5.74) is -0.171. The third-order valence-corrected chi connectivity index (χ3v) is 5.59. The molecule has 1 saturated heterocycles. The molecule has 168 valence electrons. The number of hydrogen-bond acceptors (Lipinski definition) is 3. The number of likely N-dealkylation sites (tertiary alicyclic amines) is 1. The van der Waals surface area contributed by atoms with Crippen LogP contribution in [0.1, 0.15) is 6.42 Å². The van der Waals surface area contributed by atoms with Crippen LogP contribution in [0.25, 0.3) is 11.1 Å². The van der Waals surface area contributed by atoms with E-state index in [9.17, 15) is 30.8 Å². The van der Waals surface area contributed by atoms with Crippen LogP contribution in [-0.2, 0) is 10.0 Å². The van der Waals surface area contributed by atoms with Gasteiger partial charge in [0, 0.05) is 12.1 Å². The SMILES string of the molecule is CS(=O)(=O)NC1C(F)CCN(C(=O)Nc2ccccc2-c2c(F)cccc2F)CC1F. The lowest BCUT2D eigenvalue weighted by atomic mass is 10.0. The summed E-state index contributed by atoms with van der Waals surface area (Å²) < 4.78 is 82.1. The van der Waals surface area contributed by atoms with E-state index in [-0.39, 0.29) is 29.8 Å². The molecular formula is C20H21F4N3O3S. The quantitative estimate of drug-likeness (QED) is 0.688. The minimum absolute atomic E-state index is 0.0815. The summed E-state index contributed by atoms with van der Waals surface area (Å²) in [4.78, 5) is 13.7. The smallest absolute Gasteiger partial charge is 0.321 e. The predicted octanol–water partition coefficient (Wildman–Crippen LogP) is 3.46. The highest BCUT2D eigenvalue weighted by atomic mass is 32.2. The van der Waals surface area contributed by atoms with Crippen molar-refractivity contribution in [3.05, 3.63) is 54.1 Å². The maximum atomic E-state index is 14.6. The van der Waals surface area contributed by atoms with Gasteiger partial charge in [-0.05, 0) is 24.6 Å².